The average molecular weight is 246 g/mol. The van der Waals surface area contributed by atoms with Gasteiger partial charge in [-0.05, 0) is 42.9 Å². The molecule has 1 aliphatic heterocycles. The van der Waals surface area contributed by atoms with Gasteiger partial charge < -0.3 is 10.6 Å². The molecule has 2 N–H and O–H groups in total. The smallest absolute Gasteiger partial charge is 0.0368 e. The van der Waals surface area contributed by atoms with E-state index in [4.69, 9.17) is 5.73 Å². The van der Waals surface area contributed by atoms with Gasteiger partial charge in [0, 0.05) is 24.3 Å². The molecule has 2 rings (SSSR count). The van der Waals surface area contributed by atoms with Gasteiger partial charge in [-0.2, -0.15) is 0 Å². The van der Waals surface area contributed by atoms with Crippen LogP contribution >= 0.6 is 0 Å². The quantitative estimate of drug-likeness (QED) is 0.867. The third-order valence-corrected chi connectivity index (χ3v) is 4.52. The standard InChI is InChI=1S/C16H26N2/c1-11(2)14-5-7-15(8-6-14)18-10-9-16(17)12(3)13(18)4/h5-8,11-13,16H,9-10,17H2,1-4H3. The van der Waals surface area contributed by atoms with Gasteiger partial charge >= 0.3 is 0 Å². The second-order valence-electron chi connectivity index (χ2n) is 5.99. The number of benzene rings is 1. The SMILES string of the molecule is CC(C)c1ccc(N2CCC(N)C(C)C2C)cc1. The first kappa shape index (κ1) is 13.4. The van der Waals surface area contributed by atoms with Crippen molar-refractivity contribution < 1.29 is 0 Å². The predicted octanol–water partition coefficient (Wildman–Crippen LogP) is 3.37. The van der Waals surface area contributed by atoms with E-state index >= 15 is 0 Å². The lowest BCUT2D eigenvalue weighted by Crippen LogP contribution is -2.51. The molecular formula is C16H26N2. The van der Waals surface area contributed by atoms with E-state index in [9.17, 15) is 0 Å². The van der Waals surface area contributed by atoms with Gasteiger partial charge in [0.15, 0.2) is 0 Å². The highest BCUT2D eigenvalue weighted by Crippen LogP contribution is 2.29. The van der Waals surface area contributed by atoms with E-state index in [1.807, 2.05) is 0 Å². The number of nitrogens with zero attached hydrogens (tertiary/aromatic N) is 1. The first-order valence-corrected chi connectivity index (χ1v) is 7.13. The van der Waals surface area contributed by atoms with Crippen LogP contribution in [0.25, 0.3) is 0 Å². The maximum absolute atomic E-state index is 6.15. The molecule has 0 bridgehead atoms. The van der Waals surface area contributed by atoms with Crippen molar-refractivity contribution in [3.63, 3.8) is 0 Å². The Balaban J connectivity index is 2.16. The molecule has 3 unspecified atom stereocenters. The van der Waals surface area contributed by atoms with Crippen LogP contribution in [-0.2, 0) is 0 Å². The van der Waals surface area contributed by atoms with E-state index < -0.39 is 0 Å². The third-order valence-electron chi connectivity index (χ3n) is 4.52. The number of anilines is 1. The molecule has 1 saturated heterocycles. The van der Waals surface area contributed by atoms with Crippen LogP contribution < -0.4 is 10.6 Å². The molecule has 0 saturated carbocycles. The Morgan fingerprint density at radius 3 is 2.33 bits per heavy atom. The topological polar surface area (TPSA) is 29.3 Å². The van der Waals surface area contributed by atoms with Crippen molar-refractivity contribution in [2.45, 2.75) is 52.1 Å². The number of piperidine rings is 1. The number of nitrogens with two attached hydrogens (primary N) is 1. The molecule has 1 heterocycles. The van der Waals surface area contributed by atoms with Crippen molar-refractivity contribution in [3.05, 3.63) is 29.8 Å². The molecule has 0 aliphatic carbocycles. The Morgan fingerprint density at radius 2 is 1.78 bits per heavy atom. The fourth-order valence-corrected chi connectivity index (χ4v) is 2.81. The summed E-state index contributed by atoms with van der Waals surface area (Å²) in [5.74, 6) is 1.16. The van der Waals surface area contributed by atoms with Crippen molar-refractivity contribution in [1.29, 1.82) is 0 Å². The van der Waals surface area contributed by atoms with Gasteiger partial charge in [-0.25, -0.2) is 0 Å². The monoisotopic (exact) mass is 246 g/mol. The Hall–Kier alpha value is -1.02. The van der Waals surface area contributed by atoms with E-state index in [2.05, 4.69) is 56.9 Å². The lowest BCUT2D eigenvalue weighted by atomic mass is 9.87. The van der Waals surface area contributed by atoms with Gasteiger partial charge in [0.2, 0.25) is 0 Å². The molecule has 0 radical (unpaired) electrons. The van der Waals surface area contributed by atoms with Crippen LogP contribution in [0.1, 0.15) is 45.6 Å². The molecule has 100 valence electrons. The van der Waals surface area contributed by atoms with Gasteiger partial charge in [0.25, 0.3) is 0 Å². The lowest BCUT2D eigenvalue weighted by molar-refractivity contribution is 0.315. The van der Waals surface area contributed by atoms with Gasteiger partial charge in [0.05, 0.1) is 0 Å². The summed E-state index contributed by atoms with van der Waals surface area (Å²) >= 11 is 0. The summed E-state index contributed by atoms with van der Waals surface area (Å²) in [5.41, 5.74) is 8.90. The fraction of sp³-hybridized carbons (Fsp3) is 0.625. The van der Waals surface area contributed by atoms with Crippen LogP contribution in [-0.4, -0.2) is 18.6 Å². The number of rotatable bonds is 2. The summed E-state index contributed by atoms with van der Waals surface area (Å²) in [6.45, 7) is 10.1. The second-order valence-corrected chi connectivity index (χ2v) is 5.99. The molecule has 3 atom stereocenters. The summed E-state index contributed by atoms with van der Waals surface area (Å²) < 4.78 is 0. The second kappa shape index (κ2) is 5.31. The minimum atomic E-state index is 0.353. The van der Waals surface area contributed by atoms with Crippen molar-refractivity contribution >= 4 is 5.69 Å². The van der Waals surface area contributed by atoms with E-state index in [0.717, 1.165) is 13.0 Å². The van der Waals surface area contributed by atoms with Gasteiger partial charge in [-0.1, -0.05) is 32.9 Å². The van der Waals surface area contributed by atoms with Crippen LogP contribution in [0.4, 0.5) is 5.69 Å². The molecule has 1 aromatic rings. The molecule has 1 aromatic carbocycles. The maximum atomic E-state index is 6.15. The summed E-state index contributed by atoms with van der Waals surface area (Å²) in [4.78, 5) is 2.50. The number of hydrogen-bond acceptors (Lipinski definition) is 2. The van der Waals surface area contributed by atoms with Crippen LogP contribution in [0.5, 0.6) is 0 Å². The van der Waals surface area contributed by atoms with Crippen molar-refractivity contribution in [3.8, 4) is 0 Å². The summed E-state index contributed by atoms with van der Waals surface area (Å²) in [6.07, 6.45) is 1.09. The van der Waals surface area contributed by atoms with E-state index in [0.29, 0.717) is 23.9 Å². The van der Waals surface area contributed by atoms with Gasteiger partial charge in [-0.3, -0.25) is 0 Å². The normalized spacial score (nSPS) is 28.8. The average Bonchev–Trinajstić information content (AvgIpc) is 2.36. The minimum Gasteiger partial charge on any atom is -0.368 e. The zero-order chi connectivity index (χ0) is 13.3. The van der Waals surface area contributed by atoms with E-state index in [1.54, 1.807) is 0 Å². The third kappa shape index (κ3) is 2.54. The molecule has 1 fully saturated rings. The first-order chi connectivity index (χ1) is 8.50. The molecule has 18 heavy (non-hydrogen) atoms. The van der Waals surface area contributed by atoms with Crippen LogP contribution in [0.15, 0.2) is 24.3 Å². The molecule has 0 amide bonds. The summed E-state index contributed by atoms with van der Waals surface area (Å²) in [7, 11) is 0. The van der Waals surface area contributed by atoms with E-state index in [-0.39, 0.29) is 0 Å². The summed E-state index contributed by atoms with van der Waals surface area (Å²) in [5, 5.41) is 0. The summed E-state index contributed by atoms with van der Waals surface area (Å²) in [6, 6.07) is 9.91. The van der Waals surface area contributed by atoms with Crippen molar-refractivity contribution in [2.24, 2.45) is 11.7 Å². The largest absolute Gasteiger partial charge is 0.368 e. The van der Waals surface area contributed by atoms with Gasteiger partial charge in [0.1, 0.15) is 0 Å². The van der Waals surface area contributed by atoms with Crippen LogP contribution in [0.3, 0.4) is 0 Å². The highest BCUT2D eigenvalue weighted by Gasteiger charge is 2.30. The Kier molecular flexibility index (Phi) is 3.96. The van der Waals surface area contributed by atoms with Gasteiger partial charge in [-0.15, -0.1) is 0 Å². The first-order valence-electron chi connectivity index (χ1n) is 7.13. The molecule has 0 spiro atoms. The zero-order valence-corrected chi connectivity index (χ0v) is 12.1. The zero-order valence-electron chi connectivity index (χ0n) is 12.1. The minimum absolute atomic E-state index is 0.353. The maximum Gasteiger partial charge on any atom is 0.0368 e. The predicted molar refractivity (Wildman–Crippen MR) is 79.1 cm³/mol. The molecule has 0 aromatic heterocycles. The fourth-order valence-electron chi connectivity index (χ4n) is 2.81. The van der Waals surface area contributed by atoms with Crippen molar-refractivity contribution in [1.82, 2.24) is 0 Å². The molecule has 1 aliphatic rings. The van der Waals surface area contributed by atoms with Crippen molar-refractivity contribution in [2.75, 3.05) is 11.4 Å². The highest BCUT2D eigenvalue weighted by molar-refractivity contribution is 5.49. The molecule has 2 nitrogen and oxygen atoms in total. The van der Waals surface area contributed by atoms with Crippen LogP contribution in [0, 0.1) is 5.92 Å². The molecule has 2 heteroatoms. The molecular weight excluding hydrogens is 220 g/mol. The Morgan fingerprint density at radius 1 is 1.17 bits per heavy atom. The Bertz CT molecular complexity index is 383. The lowest BCUT2D eigenvalue weighted by Gasteiger charge is -2.43. The number of hydrogen-bond donors (Lipinski definition) is 1. The highest BCUT2D eigenvalue weighted by atomic mass is 15.2. The van der Waals surface area contributed by atoms with E-state index in [1.165, 1.54) is 11.3 Å². The van der Waals surface area contributed by atoms with Crippen LogP contribution in [0.2, 0.25) is 0 Å². The Labute approximate surface area is 111 Å².